The van der Waals surface area contributed by atoms with Crippen LogP contribution in [0.3, 0.4) is 0 Å². The summed E-state index contributed by atoms with van der Waals surface area (Å²) in [6, 6.07) is -2.93. The summed E-state index contributed by atoms with van der Waals surface area (Å²) >= 11 is 0. The van der Waals surface area contributed by atoms with Crippen LogP contribution in [-0.2, 0) is 24.0 Å². The van der Waals surface area contributed by atoms with Crippen LogP contribution in [0.2, 0.25) is 0 Å². The van der Waals surface area contributed by atoms with E-state index in [1.165, 1.54) is 0 Å². The van der Waals surface area contributed by atoms with E-state index in [1.54, 1.807) is 6.92 Å². The number of hydrogen-bond acceptors (Lipinski definition) is 6. The van der Waals surface area contributed by atoms with Crippen molar-refractivity contribution < 1.29 is 29.1 Å². The number of primary amides is 1. The Morgan fingerprint density at radius 1 is 0.900 bits per heavy atom. The lowest BCUT2D eigenvalue weighted by atomic mass is 9.95. The summed E-state index contributed by atoms with van der Waals surface area (Å²) in [6.07, 6.45) is 0.951. The zero-order valence-electron chi connectivity index (χ0n) is 18.1. The molecule has 0 rings (SSSR count). The Morgan fingerprint density at radius 3 is 1.93 bits per heavy atom. The molecule has 0 aromatic heterocycles. The van der Waals surface area contributed by atoms with Crippen LogP contribution in [0, 0.1) is 11.8 Å². The molecular formula is C19H35N5O6. The van der Waals surface area contributed by atoms with Crippen molar-refractivity contribution in [1.29, 1.82) is 0 Å². The lowest BCUT2D eigenvalue weighted by Gasteiger charge is -2.28. The van der Waals surface area contributed by atoms with Gasteiger partial charge in [-0.05, 0) is 18.3 Å². The van der Waals surface area contributed by atoms with Crippen molar-refractivity contribution in [3.63, 3.8) is 0 Å². The molecule has 30 heavy (non-hydrogen) atoms. The summed E-state index contributed by atoms with van der Waals surface area (Å²) in [6.45, 7) is 6.69. The van der Waals surface area contributed by atoms with Crippen LogP contribution >= 0.6 is 0 Å². The largest absolute Gasteiger partial charge is 0.480 e. The fourth-order valence-electron chi connectivity index (χ4n) is 2.57. The molecule has 0 aromatic rings. The third-order valence-electron chi connectivity index (χ3n) is 5.08. The molecule has 11 heteroatoms. The third-order valence-corrected chi connectivity index (χ3v) is 5.08. The molecule has 4 amide bonds. The first-order valence-corrected chi connectivity index (χ1v) is 10.1. The molecule has 5 unspecified atom stereocenters. The Bertz CT molecular complexity index is 627. The number of amides is 4. The van der Waals surface area contributed by atoms with Gasteiger partial charge in [0.25, 0.3) is 0 Å². The van der Waals surface area contributed by atoms with E-state index in [0.717, 1.165) is 0 Å². The van der Waals surface area contributed by atoms with Crippen LogP contribution in [0.4, 0.5) is 0 Å². The number of carboxylic acids is 1. The summed E-state index contributed by atoms with van der Waals surface area (Å²) < 4.78 is 0. The number of nitrogens with one attached hydrogen (secondary N) is 3. The van der Waals surface area contributed by atoms with Crippen LogP contribution in [-0.4, -0.2) is 59.4 Å². The molecule has 0 bridgehead atoms. The number of rotatable bonds is 14. The molecule has 0 fully saturated rings. The second-order valence-corrected chi connectivity index (χ2v) is 7.46. The molecule has 0 radical (unpaired) electrons. The van der Waals surface area contributed by atoms with Crippen molar-refractivity contribution >= 4 is 29.6 Å². The van der Waals surface area contributed by atoms with E-state index in [9.17, 15) is 24.0 Å². The third kappa shape index (κ3) is 9.68. The van der Waals surface area contributed by atoms with Crippen molar-refractivity contribution in [3.8, 4) is 0 Å². The van der Waals surface area contributed by atoms with Gasteiger partial charge in [-0.25, -0.2) is 0 Å². The number of nitrogens with two attached hydrogens (primary N) is 2. The Labute approximate surface area is 176 Å². The molecule has 0 saturated heterocycles. The Morgan fingerprint density at radius 2 is 1.47 bits per heavy atom. The van der Waals surface area contributed by atoms with Crippen LogP contribution in [0.1, 0.15) is 53.4 Å². The molecule has 0 saturated carbocycles. The average Bonchev–Trinajstić information content (AvgIpc) is 2.70. The van der Waals surface area contributed by atoms with E-state index in [-0.39, 0.29) is 24.7 Å². The normalized spacial score (nSPS) is 15.8. The maximum Gasteiger partial charge on any atom is 0.322 e. The van der Waals surface area contributed by atoms with Crippen LogP contribution < -0.4 is 27.4 Å². The van der Waals surface area contributed by atoms with Crippen molar-refractivity contribution in [3.05, 3.63) is 0 Å². The predicted molar refractivity (Wildman–Crippen MR) is 110 cm³/mol. The van der Waals surface area contributed by atoms with Gasteiger partial charge in [0.2, 0.25) is 23.6 Å². The van der Waals surface area contributed by atoms with Gasteiger partial charge in [0, 0.05) is 6.42 Å². The molecule has 0 spiro atoms. The topological polar surface area (TPSA) is 194 Å². The van der Waals surface area contributed by atoms with E-state index < -0.39 is 54.3 Å². The zero-order chi connectivity index (χ0) is 23.4. The smallest absolute Gasteiger partial charge is 0.322 e. The van der Waals surface area contributed by atoms with Gasteiger partial charge >= 0.3 is 5.97 Å². The quantitative estimate of drug-likeness (QED) is 0.200. The molecule has 11 nitrogen and oxygen atoms in total. The standard InChI is InChI=1S/C19H35N5O6/c1-5-10(3)15(21)18(29)24-16(11(4)6-2)19(30)23-12(7-8-13(20)25)17(28)22-9-14(26)27/h10-12,15-16H,5-9,21H2,1-4H3,(H2,20,25)(H,22,28)(H,23,30)(H,24,29)(H,26,27). The van der Waals surface area contributed by atoms with Crippen molar-refractivity contribution in [2.45, 2.75) is 71.5 Å². The van der Waals surface area contributed by atoms with Gasteiger partial charge in [-0.15, -0.1) is 0 Å². The molecule has 0 aromatic carbocycles. The number of carbonyl (C=O) groups excluding carboxylic acids is 4. The number of aliphatic carboxylic acids is 1. The summed E-state index contributed by atoms with van der Waals surface area (Å²) in [5.74, 6) is -4.16. The van der Waals surface area contributed by atoms with Crippen molar-refractivity contribution in [1.82, 2.24) is 16.0 Å². The predicted octanol–water partition coefficient (Wildman–Crippen LogP) is -1.16. The highest BCUT2D eigenvalue weighted by molar-refractivity contribution is 5.94. The van der Waals surface area contributed by atoms with Crippen LogP contribution in [0.15, 0.2) is 0 Å². The van der Waals surface area contributed by atoms with Gasteiger partial charge in [0.05, 0.1) is 6.04 Å². The first-order valence-electron chi connectivity index (χ1n) is 10.1. The minimum Gasteiger partial charge on any atom is -0.480 e. The molecule has 8 N–H and O–H groups in total. The van der Waals surface area contributed by atoms with Gasteiger partial charge in [0.1, 0.15) is 18.6 Å². The summed E-state index contributed by atoms with van der Waals surface area (Å²) in [7, 11) is 0. The monoisotopic (exact) mass is 429 g/mol. The maximum atomic E-state index is 12.9. The minimum absolute atomic E-state index is 0.0873. The van der Waals surface area contributed by atoms with Gasteiger partial charge in [-0.2, -0.15) is 0 Å². The van der Waals surface area contributed by atoms with Crippen molar-refractivity contribution in [2.75, 3.05) is 6.54 Å². The fraction of sp³-hybridized carbons (Fsp3) is 0.737. The van der Waals surface area contributed by atoms with Crippen LogP contribution in [0.25, 0.3) is 0 Å². The van der Waals surface area contributed by atoms with Gasteiger partial charge in [0.15, 0.2) is 0 Å². The Balaban J connectivity index is 5.39. The molecule has 0 aliphatic heterocycles. The van der Waals surface area contributed by atoms with E-state index in [2.05, 4.69) is 16.0 Å². The number of carbonyl (C=O) groups is 5. The Kier molecular flexibility index (Phi) is 12.3. The highest BCUT2D eigenvalue weighted by atomic mass is 16.4. The SMILES string of the molecule is CCC(C)C(N)C(=O)NC(C(=O)NC(CCC(N)=O)C(=O)NCC(=O)O)C(C)CC. The van der Waals surface area contributed by atoms with Crippen molar-refractivity contribution in [2.24, 2.45) is 23.3 Å². The first-order chi connectivity index (χ1) is 13.9. The maximum absolute atomic E-state index is 12.9. The van der Waals surface area contributed by atoms with E-state index >= 15 is 0 Å². The molecule has 0 heterocycles. The van der Waals surface area contributed by atoms with Gasteiger partial charge in [-0.1, -0.05) is 40.5 Å². The van der Waals surface area contributed by atoms with Gasteiger partial charge in [-0.3, -0.25) is 24.0 Å². The van der Waals surface area contributed by atoms with E-state index in [1.807, 2.05) is 20.8 Å². The lowest BCUT2D eigenvalue weighted by molar-refractivity contribution is -0.139. The summed E-state index contributed by atoms with van der Waals surface area (Å²) in [5, 5.41) is 16.0. The van der Waals surface area contributed by atoms with E-state index in [0.29, 0.717) is 12.8 Å². The lowest BCUT2D eigenvalue weighted by Crippen LogP contribution is -2.58. The minimum atomic E-state index is -1.26. The molecule has 172 valence electrons. The second kappa shape index (κ2) is 13.5. The highest BCUT2D eigenvalue weighted by Crippen LogP contribution is 2.11. The highest BCUT2D eigenvalue weighted by Gasteiger charge is 2.32. The average molecular weight is 430 g/mol. The summed E-state index contributed by atoms with van der Waals surface area (Å²) in [4.78, 5) is 59.4. The van der Waals surface area contributed by atoms with Crippen LogP contribution in [0.5, 0.6) is 0 Å². The summed E-state index contributed by atoms with van der Waals surface area (Å²) in [5.41, 5.74) is 11.1. The Hall–Kier alpha value is -2.69. The van der Waals surface area contributed by atoms with E-state index in [4.69, 9.17) is 16.6 Å². The second-order valence-electron chi connectivity index (χ2n) is 7.46. The molecule has 0 aliphatic carbocycles. The van der Waals surface area contributed by atoms with Gasteiger partial charge < -0.3 is 32.5 Å². The molecular weight excluding hydrogens is 394 g/mol. The zero-order valence-corrected chi connectivity index (χ0v) is 18.1. The molecule has 0 aliphatic rings. The fourth-order valence-corrected chi connectivity index (χ4v) is 2.57. The number of hydrogen-bond donors (Lipinski definition) is 6. The number of carboxylic acid groups (broad SMARTS) is 1. The first kappa shape index (κ1) is 27.3. The molecule has 5 atom stereocenters.